The second-order valence-corrected chi connectivity index (χ2v) is 7.82. The Labute approximate surface area is 168 Å². The van der Waals surface area contributed by atoms with Crippen LogP contribution in [-0.2, 0) is 9.53 Å². The molecule has 152 valence electrons. The Hall–Kier alpha value is -2.98. The Kier molecular flexibility index (Phi) is 5.20. The number of ether oxygens (including phenoxy) is 1. The number of thiophene rings is 1. The second-order valence-electron chi connectivity index (χ2n) is 6.82. The van der Waals surface area contributed by atoms with Crippen molar-refractivity contribution in [2.24, 2.45) is 0 Å². The van der Waals surface area contributed by atoms with Gasteiger partial charge in [0, 0.05) is 13.1 Å². The van der Waals surface area contributed by atoms with E-state index in [-0.39, 0.29) is 24.2 Å². The number of amides is 1. The van der Waals surface area contributed by atoms with Crippen LogP contribution in [0.5, 0.6) is 0 Å². The normalized spacial score (nSPS) is 15.1. The summed E-state index contributed by atoms with van der Waals surface area (Å²) in [6.07, 6.45) is 2.48. The lowest BCUT2D eigenvalue weighted by atomic mass is 10.1. The number of H-pyrrole nitrogens is 1. The van der Waals surface area contributed by atoms with E-state index in [9.17, 15) is 14.4 Å². The predicted molar refractivity (Wildman–Crippen MR) is 105 cm³/mol. The molecule has 9 nitrogen and oxygen atoms in total. The van der Waals surface area contributed by atoms with E-state index in [1.54, 1.807) is 24.0 Å². The number of aliphatic carboxylic acids is 1. The highest BCUT2D eigenvalue weighted by Gasteiger charge is 2.28. The van der Waals surface area contributed by atoms with Crippen LogP contribution in [0.15, 0.2) is 27.6 Å². The van der Waals surface area contributed by atoms with Crippen molar-refractivity contribution in [3.63, 3.8) is 0 Å². The van der Waals surface area contributed by atoms with Crippen molar-refractivity contribution in [1.29, 1.82) is 0 Å². The number of nitrogens with zero attached hydrogens (tertiary/aromatic N) is 2. The number of furan rings is 1. The van der Waals surface area contributed by atoms with Crippen molar-refractivity contribution >= 4 is 33.4 Å². The molecule has 0 aliphatic carbocycles. The lowest BCUT2D eigenvalue weighted by Gasteiger charge is -2.31. The summed E-state index contributed by atoms with van der Waals surface area (Å²) in [6, 6.07) is 3.41. The number of aryl methyl sites for hydroxylation is 1. The van der Waals surface area contributed by atoms with Gasteiger partial charge in [0.2, 0.25) is 0 Å². The third-order valence-corrected chi connectivity index (χ3v) is 6.09. The Balaban J connectivity index is 1.56. The number of rotatable bonds is 5. The molecule has 1 amide bonds. The molecule has 3 aromatic rings. The molecule has 1 aliphatic rings. The zero-order chi connectivity index (χ0) is 20.5. The van der Waals surface area contributed by atoms with Crippen LogP contribution in [0, 0.1) is 6.92 Å². The predicted octanol–water partition coefficient (Wildman–Crippen LogP) is 2.26. The lowest BCUT2D eigenvalue weighted by molar-refractivity contribution is -0.145. The van der Waals surface area contributed by atoms with Crippen molar-refractivity contribution in [2.45, 2.75) is 25.9 Å². The molecule has 3 aromatic heterocycles. The number of piperidine rings is 1. The van der Waals surface area contributed by atoms with Crippen LogP contribution in [0.4, 0.5) is 0 Å². The molecule has 0 spiro atoms. The molecule has 29 heavy (non-hydrogen) atoms. The van der Waals surface area contributed by atoms with Crippen LogP contribution >= 0.6 is 11.3 Å². The highest BCUT2D eigenvalue weighted by Crippen LogP contribution is 2.30. The number of carboxylic acid groups (broad SMARTS) is 1. The van der Waals surface area contributed by atoms with Gasteiger partial charge in [0.25, 0.3) is 11.5 Å². The summed E-state index contributed by atoms with van der Waals surface area (Å²) in [6.45, 7) is 2.36. The number of carbonyl (C=O) groups excluding carboxylic acids is 1. The maximum absolute atomic E-state index is 13.0. The Bertz CT molecular complexity index is 1110. The highest BCUT2D eigenvalue weighted by molar-refractivity contribution is 7.20. The summed E-state index contributed by atoms with van der Waals surface area (Å²) in [7, 11) is 0. The first-order valence-corrected chi connectivity index (χ1v) is 9.95. The van der Waals surface area contributed by atoms with Crippen molar-refractivity contribution < 1.29 is 23.8 Å². The van der Waals surface area contributed by atoms with E-state index in [0.717, 1.165) is 0 Å². The summed E-state index contributed by atoms with van der Waals surface area (Å²) in [4.78, 5) is 46.1. The molecule has 1 fully saturated rings. The molecule has 1 aliphatic heterocycles. The van der Waals surface area contributed by atoms with Gasteiger partial charge in [-0.15, -0.1) is 11.3 Å². The van der Waals surface area contributed by atoms with Crippen LogP contribution in [0.1, 0.15) is 28.1 Å². The number of hydrogen-bond acceptors (Lipinski definition) is 7. The standard InChI is InChI=1S/C19H19N3O6S/c1-10-14-17(25)20-16(12-3-2-8-27-12)21-18(14)29-15(10)19(26)22-6-4-11(5-7-22)28-9-13(23)24/h2-3,8,11H,4-7,9H2,1H3,(H,23,24)(H,20,21,25). The highest BCUT2D eigenvalue weighted by atomic mass is 32.1. The minimum atomic E-state index is -1.00. The van der Waals surface area contributed by atoms with Gasteiger partial charge in [-0.2, -0.15) is 0 Å². The number of aromatic amines is 1. The van der Waals surface area contributed by atoms with Gasteiger partial charge in [0.1, 0.15) is 11.4 Å². The number of carbonyl (C=O) groups is 2. The Morgan fingerprint density at radius 2 is 2.17 bits per heavy atom. The van der Waals surface area contributed by atoms with E-state index >= 15 is 0 Å². The third-order valence-electron chi connectivity index (χ3n) is 4.92. The van der Waals surface area contributed by atoms with Crippen molar-refractivity contribution in [3.8, 4) is 11.6 Å². The van der Waals surface area contributed by atoms with Crippen LogP contribution in [0.2, 0.25) is 0 Å². The molecule has 0 aromatic carbocycles. The van der Waals surface area contributed by atoms with Gasteiger partial charge in [-0.3, -0.25) is 9.59 Å². The van der Waals surface area contributed by atoms with Gasteiger partial charge < -0.3 is 24.1 Å². The zero-order valence-corrected chi connectivity index (χ0v) is 16.5. The third kappa shape index (κ3) is 3.81. The first-order chi connectivity index (χ1) is 13.9. The SMILES string of the molecule is Cc1c(C(=O)N2CCC(OCC(=O)O)CC2)sc2nc(-c3ccco3)[nH]c(=O)c12. The van der Waals surface area contributed by atoms with E-state index in [1.165, 1.54) is 17.6 Å². The maximum atomic E-state index is 13.0. The van der Waals surface area contributed by atoms with E-state index in [4.69, 9.17) is 14.3 Å². The number of likely N-dealkylation sites (tertiary alicyclic amines) is 1. The van der Waals surface area contributed by atoms with Crippen LogP contribution in [0.25, 0.3) is 21.8 Å². The monoisotopic (exact) mass is 417 g/mol. The molecule has 0 unspecified atom stereocenters. The van der Waals surface area contributed by atoms with Crippen LogP contribution < -0.4 is 5.56 Å². The Morgan fingerprint density at radius 3 is 2.83 bits per heavy atom. The minimum Gasteiger partial charge on any atom is -0.480 e. The molecule has 1 saturated heterocycles. The van der Waals surface area contributed by atoms with Gasteiger partial charge in [-0.1, -0.05) is 0 Å². The number of aromatic nitrogens is 2. The van der Waals surface area contributed by atoms with Crippen LogP contribution in [-0.4, -0.2) is 57.7 Å². The minimum absolute atomic E-state index is 0.152. The molecule has 4 heterocycles. The fraction of sp³-hybridized carbons (Fsp3) is 0.368. The quantitative estimate of drug-likeness (QED) is 0.652. The average molecular weight is 417 g/mol. The van der Waals surface area contributed by atoms with Gasteiger partial charge in [0.05, 0.1) is 22.6 Å². The number of carboxylic acids is 1. The smallest absolute Gasteiger partial charge is 0.329 e. The van der Waals surface area contributed by atoms with Crippen LogP contribution in [0.3, 0.4) is 0 Å². The summed E-state index contributed by atoms with van der Waals surface area (Å²) in [5.41, 5.74) is 0.300. The van der Waals surface area contributed by atoms with Gasteiger partial charge in [-0.25, -0.2) is 9.78 Å². The van der Waals surface area contributed by atoms with E-state index < -0.39 is 5.97 Å². The zero-order valence-electron chi connectivity index (χ0n) is 15.6. The lowest BCUT2D eigenvalue weighted by Crippen LogP contribution is -2.41. The molecule has 0 atom stereocenters. The van der Waals surface area contributed by atoms with Gasteiger partial charge in [-0.05, 0) is 37.5 Å². The molecule has 10 heteroatoms. The number of hydrogen-bond donors (Lipinski definition) is 2. The van der Waals surface area contributed by atoms with Gasteiger partial charge in [0.15, 0.2) is 11.6 Å². The molecule has 0 radical (unpaired) electrons. The maximum Gasteiger partial charge on any atom is 0.329 e. The second kappa shape index (κ2) is 7.80. The molecular weight excluding hydrogens is 398 g/mol. The molecular formula is C19H19N3O6S. The van der Waals surface area contributed by atoms with E-state index in [1.807, 2.05) is 0 Å². The Morgan fingerprint density at radius 1 is 1.41 bits per heavy atom. The largest absolute Gasteiger partial charge is 0.480 e. The van der Waals surface area contributed by atoms with Crippen molar-refractivity contribution in [2.75, 3.05) is 19.7 Å². The molecule has 0 saturated carbocycles. The van der Waals surface area contributed by atoms with Crippen molar-refractivity contribution in [3.05, 3.63) is 39.2 Å². The fourth-order valence-corrected chi connectivity index (χ4v) is 4.59. The summed E-state index contributed by atoms with van der Waals surface area (Å²) < 4.78 is 10.6. The fourth-order valence-electron chi connectivity index (χ4n) is 3.44. The van der Waals surface area contributed by atoms with Gasteiger partial charge >= 0.3 is 5.97 Å². The molecule has 4 rings (SSSR count). The summed E-state index contributed by atoms with van der Waals surface area (Å²) in [5.74, 6) is -0.382. The van der Waals surface area contributed by atoms with Crippen molar-refractivity contribution in [1.82, 2.24) is 14.9 Å². The number of fused-ring (bicyclic) bond motifs is 1. The first-order valence-electron chi connectivity index (χ1n) is 9.14. The summed E-state index contributed by atoms with van der Waals surface area (Å²) in [5, 5.41) is 9.12. The van der Waals surface area contributed by atoms with E-state index in [0.29, 0.717) is 58.2 Å². The van der Waals surface area contributed by atoms with E-state index in [2.05, 4.69) is 9.97 Å². The molecule has 0 bridgehead atoms. The summed E-state index contributed by atoms with van der Waals surface area (Å²) >= 11 is 1.19. The average Bonchev–Trinajstić information content (AvgIpc) is 3.35. The molecule has 2 N–H and O–H groups in total. The number of nitrogens with one attached hydrogen (secondary N) is 1. The topological polar surface area (TPSA) is 126 Å². The first kappa shape index (κ1) is 19.3.